The van der Waals surface area contributed by atoms with E-state index in [4.69, 9.17) is 0 Å². The van der Waals surface area contributed by atoms with Gasteiger partial charge in [0.25, 0.3) is 0 Å². The Morgan fingerprint density at radius 3 is 2.20 bits per heavy atom. The highest BCUT2D eigenvalue weighted by atomic mass is 16.1. The molecule has 0 fully saturated rings. The Balaban J connectivity index is 3.60. The van der Waals surface area contributed by atoms with Gasteiger partial charge in [-0.15, -0.1) is 0 Å². The lowest BCUT2D eigenvalue weighted by molar-refractivity contribution is -0.111. The van der Waals surface area contributed by atoms with Crippen molar-refractivity contribution in [1.29, 1.82) is 0 Å². The van der Waals surface area contributed by atoms with Gasteiger partial charge in [0.15, 0.2) is 0 Å². The molecule has 0 unspecified atom stereocenters. The Morgan fingerprint density at radius 1 is 1.40 bits per heavy atom. The zero-order valence-electron chi connectivity index (χ0n) is 7.29. The highest BCUT2D eigenvalue weighted by molar-refractivity contribution is 5.56. The fourth-order valence-electron chi connectivity index (χ4n) is 0.846. The van der Waals surface area contributed by atoms with Crippen LogP contribution in [0.5, 0.6) is 0 Å². The van der Waals surface area contributed by atoms with Crippen molar-refractivity contribution in [3.63, 3.8) is 0 Å². The van der Waals surface area contributed by atoms with Crippen LogP contribution in [0.15, 0.2) is 0 Å². The van der Waals surface area contributed by atoms with Crippen molar-refractivity contribution in [2.45, 2.75) is 26.8 Å². The summed E-state index contributed by atoms with van der Waals surface area (Å²) in [4.78, 5) is 12.3. The molecule has 60 valence electrons. The van der Waals surface area contributed by atoms with Crippen LogP contribution in [0.25, 0.3) is 0 Å². The molecule has 0 spiro atoms. The summed E-state index contributed by atoms with van der Waals surface area (Å²) in [6.07, 6.45) is 0.975. The lowest BCUT2D eigenvalue weighted by Crippen LogP contribution is -2.33. The maximum Gasteiger partial charge on any atom is 0.136 e. The summed E-state index contributed by atoms with van der Waals surface area (Å²) in [5.41, 5.74) is 0. The van der Waals surface area contributed by atoms with Gasteiger partial charge in [-0.2, -0.15) is 0 Å². The number of likely N-dealkylation sites (N-methyl/N-ethyl adjacent to an activating group) is 1. The number of aldehydes is 1. The van der Waals surface area contributed by atoms with Gasteiger partial charge >= 0.3 is 0 Å². The summed E-state index contributed by atoms with van der Waals surface area (Å²) in [7, 11) is 1.97. The van der Waals surface area contributed by atoms with Crippen LogP contribution in [-0.4, -0.2) is 30.8 Å². The second-order valence-electron chi connectivity index (χ2n) is 3.21. The van der Waals surface area contributed by atoms with Crippen LogP contribution in [0.1, 0.15) is 20.8 Å². The molecule has 0 N–H and O–H groups in total. The first-order chi connectivity index (χ1) is 4.57. The maximum absolute atomic E-state index is 10.3. The predicted molar refractivity (Wildman–Crippen MR) is 43.0 cm³/mol. The van der Waals surface area contributed by atoms with Crippen molar-refractivity contribution in [3.05, 3.63) is 0 Å². The van der Waals surface area contributed by atoms with Crippen LogP contribution in [0, 0.1) is 5.92 Å². The predicted octanol–water partition coefficient (Wildman–Crippen LogP) is 1.16. The Bertz CT molecular complexity index is 101. The third-order valence-electron chi connectivity index (χ3n) is 1.55. The van der Waals surface area contributed by atoms with E-state index in [1.54, 1.807) is 0 Å². The summed E-state index contributed by atoms with van der Waals surface area (Å²) in [6.45, 7) is 7.19. The second kappa shape index (κ2) is 4.45. The molecule has 0 heterocycles. The first-order valence-electron chi connectivity index (χ1n) is 3.73. The first-order valence-corrected chi connectivity index (χ1v) is 3.73. The Kier molecular flexibility index (Phi) is 4.28. The molecular formula is C8H17NO. The molecule has 0 aliphatic rings. The summed E-state index contributed by atoms with van der Waals surface area (Å²) < 4.78 is 0. The quantitative estimate of drug-likeness (QED) is 0.550. The van der Waals surface area contributed by atoms with Crippen LogP contribution >= 0.6 is 0 Å². The molecular weight excluding hydrogens is 126 g/mol. The van der Waals surface area contributed by atoms with Crippen molar-refractivity contribution in [1.82, 2.24) is 4.90 Å². The van der Waals surface area contributed by atoms with Gasteiger partial charge < -0.3 is 4.79 Å². The number of carbonyl (C=O) groups excluding carboxylic acids is 1. The van der Waals surface area contributed by atoms with E-state index in [2.05, 4.69) is 18.7 Å². The average molecular weight is 143 g/mol. The molecule has 0 amide bonds. The molecule has 0 aromatic heterocycles. The molecule has 0 saturated heterocycles. The summed E-state index contributed by atoms with van der Waals surface area (Å²) in [5.74, 6) is 0.632. The van der Waals surface area contributed by atoms with E-state index in [0.717, 1.165) is 12.8 Å². The number of nitrogens with zero attached hydrogens (tertiary/aromatic N) is 1. The third kappa shape index (κ3) is 3.62. The average Bonchev–Trinajstić information content (AvgIpc) is 1.85. The van der Waals surface area contributed by atoms with Crippen molar-refractivity contribution in [2.24, 2.45) is 5.92 Å². The lowest BCUT2D eigenvalue weighted by Gasteiger charge is -2.21. The molecule has 10 heavy (non-hydrogen) atoms. The molecule has 0 saturated carbocycles. The molecule has 0 aromatic rings. The van der Waals surface area contributed by atoms with E-state index in [0.29, 0.717) is 5.92 Å². The molecule has 0 aromatic carbocycles. The van der Waals surface area contributed by atoms with Gasteiger partial charge in [0.1, 0.15) is 6.29 Å². The molecule has 0 radical (unpaired) electrons. The standard InChI is InChI=1S/C8H17NO/c1-7(2)5-9(4)8(3)6-10/h6-8H,5H2,1-4H3/t8-/m0/s1. The number of carbonyl (C=O) groups is 1. The Labute approximate surface area is 63.2 Å². The van der Waals surface area contributed by atoms with Gasteiger partial charge in [-0.1, -0.05) is 13.8 Å². The van der Waals surface area contributed by atoms with Crippen molar-refractivity contribution in [3.8, 4) is 0 Å². The number of hydrogen-bond donors (Lipinski definition) is 0. The van der Waals surface area contributed by atoms with E-state index in [1.807, 2.05) is 14.0 Å². The van der Waals surface area contributed by atoms with E-state index in [1.165, 1.54) is 0 Å². The minimum atomic E-state index is 0.0578. The zero-order valence-corrected chi connectivity index (χ0v) is 7.29. The maximum atomic E-state index is 10.3. The van der Waals surface area contributed by atoms with Gasteiger partial charge in [0.05, 0.1) is 6.04 Å². The normalized spacial score (nSPS) is 14.2. The molecule has 1 atom stereocenters. The van der Waals surface area contributed by atoms with Crippen molar-refractivity contribution >= 4 is 6.29 Å². The van der Waals surface area contributed by atoms with Gasteiger partial charge in [-0.3, -0.25) is 4.90 Å². The highest BCUT2D eigenvalue weighted by Gasteiger charge is 2.07. The topological polar surface area (TPSA) is 20.3 Å². The number of rotatable bonds is 4. The summed E-state index contributed by atoms with van der Waals surface area (Å²) >= 11 is 0. The minimum absolute atomic E-state index is 0.0578. The molecule has 2 heteroatoms. The van der Waals surface area contributed by atoms with Gasteiger partial charge in [-0.25, -0.2) is 0 Å². The lowest BCUT2D eigenvalue weighted by atomic mass is 10.2. The van der Waals surface area contributed by atoms with Gasteiger partial charge in [0.2, 0.25) is 0 Å². The SMILES string of the molecule is CC(C)CN(C)[C@@H](C)C=O. The van der Waals surface area contributed by atoms with Crippen LogP contribution in [0.2, 0.25) is 0 Å². The fourth-order valence-corrected chi connectivity index (χ4v) is 0.846. The Morgan fingerprint density at radius 2 is 1.90 bits per heavy atom. The van der Waals surface area contributed by atoms with E-state index in [9.17, 15) is 4.79 Å². The second-order valence-corrected chi connectivity index (χ2v) is 3.21. The summed E-state index contributed by atoms with van der Waals surface area (Å²) in [5, 5.41) is 0. The molecule has 0 bridgehead atoms. The first kappa shape index (κ1) is 9.63. The monoisotopic (exact) mass is 143 g/mol. The summed E-state index contributed by atoms with van der Waals surface area (Å²) in [6, 6.07) is 0.0578. The Hall–Kier alpha value is -0.370. The third-order valence-corrected chi connectivity index (χ3v) is 1.55. The minimum Gasteiger partial charge on any atom is -0.302 e. The fraction of sp³-hybridized carbons (Fsp3) is 0.875. The van der Waals surface area contributed by atoms with Crippen molar-refractivity contribution in [2.75, 3.05) is 13.6 Å². The van der Waals surface area contributed by atoms with E-state index < -0.39 is 0 Å². The van der Waals surface area contributed by atoms with Gasteiger partial charge in [-0.05, 0) is 19.9 Å². The zero-order chi connectivity index (χ0) is 8.15. The van der Waals surface area contributed by atoms with Crippen LogP contribution in [0.3, 0.4) is 0 Å². The van der Waals surface area contributed by atoms with Gasteiger partial charge in [0, 0.05) is 6.54 Å². The van der Waals surface area contributed by atoms with Crippen LogP contribution in [0.4, 0.5) is 0 Å². The molecule has 0 rings (SSSR count). The molecule has 0 aliphatic carbocycles. The highest BCUT2D eigenvalue weighted by Crippen LogP contribution is 1.98. The number of hydrogen-bond acceptors (Lipinski definition) is 2. The largest absolute Gasteiger partial charge is 0.302 e. The molecule has 2 nitrogen and oxygen atoms in total. The molecule has 0 aliphatic heterocycles. The van der Waals surface area contributed by atoms with E-state index >= 15 is 0 Å². The van der Waals surface area contributed by atoms with Crippen LogP contribution < -0.4 is 0 Å². The van der Waals surface area contributed by atoms with Crippen LogP contribution in [-0.2, 0) is 4.79 Å². The van der Waals surface area contributed by atoms with E-state index in [-0.39, 0.29) is 6.04 Å². The smallest absolute Gasteiger partial charge is 0.136 e. The van der Waals surface area contributed by atoms with Crippen molar-refractivity contribution < 1.29 is 4.79 Å².